The van der Waals surface area contributed by atoms with E-state index in [2.05, 4.69) is 41.4 Å². The molecule has 0 bridgehead atoms. The van der Waals surface area contributed by atoms with Crippen LogP contribution >= 0.6 is 0 Å². The van der Waals surface area contributed by atoms with Crippen molar-refractivity contribution in [2.45, 2.75) is 18.9 Å². The SMILES string of the molecule is CCOc1ccc([C@H]2CN3C(=O)c4ccccc4[C@@H]3c3[nH]c4ccccc4c32)cc1OC. The fourth-order valence-corrected chi connectivity index (χ4v) is 5.38. The van der Waals surface area contributed by atoms with Gasteiger partial charge >= 0.3 is 0 Å². The summed E-state index contributed by atoms with van der Waals surface area (Å²) in [5.74, 6) is 1.57. The molecule has 2 atom stereocenters. The molecule has 0 unspecified atom stereocenters. The van der Waals surface area contributed by atoms with Crippen molar-refractivity contribution in [1.82, 2.24) is 9.88 Å². The Hall–Kier alpha value is -3.73. The van der Waals surface area contributed by atoms with Crippen LogP contribution in [0.5, 0.6) is 11.5 Å². The van der Waals surface area contributed by atoms with Crippen LogP contribution in [0.1, 0.15) is 51.6 Å². The highest BCUT2D eigenvalue weighted by molar-refractivity contribution is 6.01. The monoisotopic (exact) mass is 424 g/mol. The number of carbonyl (C=O) groups excluding carboxylic acids is 1. The molecule has 3 heterocycles. The molecule has 0 aliphatic carbocycles. The molecule has 2 aliphatic rings. The summed E-state index contributed by atoms with van der Waals surface area (Å²) in [5, 5.41) is 1.21. The zero-order valence-corrected chi connectivity index (χ0v) is 18.1. The van der Waals surface area contributed by atoms with E-state index in [9.17, 15) is 4.79 Å². The van der Waals surface area contributed by atoms with Crippen molar-refractivity contribution in [3.63, 3.8) is 0 Å². The van der Waals surface area contributed by atoms with E-state index in [1.54, 1.807) is 7.11 Å². The zero-order chi connectivity index (χ0) is 21.8. The summed E-state index contributed by atoms with van der Waals surface area (Å²) < 4.78 is 11.4. The number of fused-ring (bicyclic) bond motifs is 7. The van der Waals surface area contributed by atoms with Crippen molar-refractivity contribution < 1.29 is 14.3 Å². The van der Waals surface area contributed by atoms with E-state index in [-0.39, 0.29) is 17.9 Å². The van der Waals surface area contributed by atoms with Gasteiger partial charge in [0.15, 0.2) is 11.5 Å². The normalized spacial score (nSPS) is 18.9. The molecular formula is C27H24N2O3. The van der Waals surface area contributed by atoms with Gasteiger partial charge in [0.05, 0.1) is 19.8 Å². The van der Waals surface area contributed by atoms with Gasteiger partial charge < -0.3 is 19.4 Å². The Morgan fingerprint density at radius 1 is 1.03 bits per heavy atom. The molecule has 160 valence electrons. The number of aromatic amines is 1. The predicted molar refractivity (Wildman–Crippen MR) is 124 cm³/mol. The van der Waals surface area contributed by atoms with Crippen LogP contribution in [-0.2, 0) is 0 Å². The van der Waals surface area contributed by atoms with Crippen molar-refractivity contribution in [3.05, 3.63) is 94.7 Å². The van der Waals surface area contributed by atoms with Crippen LogP contribution in [0.3, 0.4) is 0 Å². The van der Waals surface area contributed by atoms with Gasteiger partial charge in [0, 0.05) is 34.6 Å². The molecule has 0 spiro atoms. The molecule has 3 aromatic carbocycles. The standard InChI is InChI=1S/C27H24N2O3/c1-3-32-22-13-12-16(14-23(22)31-2)20-15-29-26(17-8-4-5-9-18(17)27(29)30)25-24(20)19-10-6-7-11-21(19)28-25/h4-14,20,26,28H,3,15H2,1-2H3/t20-,26-/m1/s1. The average Bonchev–Trinajstić information content (AvgIpc) is 3.35. The molecule has 5 nitrogen and oxygen atoms in total. The fourth-order valence-electron chi connectivity index (χ4n) is 5.38. The van der Waals surface area contributed by atoms with E-state index >= 15 is 0 Å². The summed E-state index contributed by atoms with van der Waals surface area (Å²) in [4.78, 5) is 19.0. The minimum absolute atomic E-state index is 0.0280. The number of aromatic nitrogens is 1. The lowest BCUT2D eigenvalue weighted by Gasteiger charge is -2.36. The van der Waals surface area contributed by atoms with Gasteiger partial charge in [-0.1, -0.05) is 42.5 Å². The molecule has 32 heavy (non-hydrogen) atoms. The summed E-state index contributed by atoms with van der Waals surface area (Å²) in [7, 11) is 1.66. The van der Waals surface area contributed by atoms with Crippen molar-refractivity contribution >= 4 is 16.8 Å². The van der Waals surface area contributed by atoms with Crippen molar-refractivity contribution in [3.8, 4) is 11.5 Å². The second kappa shape index (κ2) is 7.16. The fraction of sp³-hybridized carbons (Fsp3) is 0.222. The highest BCUT2D eigenvalue weighted by Crippen LogP contribution is 2.50. The van der Waals surface area contributed by atoms with Crippen LogP contribution in [0.4, 0.5) is 0 Å². The minimum Gasteiger partial charge on any atom is -0.493 e. The van der Waals surface area contributed by atoms with Gasteiger partial charge in [-0.25, -0.2) is 0 Å². The number of H-pyrrole nitrogens is 1. The first-order valence-corrected chi connectivity index (χ1v) is 11.0. The Bertz CT molecular complexity index is 1360. The molecule has 1 N–H and O–H groups in total. The van der Waals surface area contributed by atoms with E-state index in [0.29, 0.717) is 18.9 Å². The number of hydrogen-bond donors (Lipinski definition) is 1. The van der Waals surface area contributed by atoms with Crippen molar-refractivity contribution in [1.29, 1.82) is 0 Å². The number of rotatable bonds is 4. The lowest BCUT2D eigenvalue weighted by atomic mass is 9.83. The summed E-state index contributed by atoms with van der Waals surface area (Å²) in [6.45, 7) is 3.15. The maximum absolute atomic E-state index is 13.4. The number of nitrogens with one attached hydrogen (secondary N) is 1. The van der Waals surface area contributed by atoms with Gasteiger partial charge in [-0.05, 0) is 47.9 Å². The minimum atomic E-state index is -0.0815. The van der Waals surface area contributed by atoms with E-state index < -0.39 is 0 Å². The Morgan fingerprint density at radius 3 is 2.69 bits per heavy atom. The van der Waals surface area contributed by atoms with E-state index in [1.165, 1.54) is 10.9 Å². The topological polar surface area (TPSA) is 54.6 Å². The number of amides is 1. The predicted octanol–water partition coefficient (Wildman–Crippen LogP) is 5.27. The third-order valence-electron chi connectivity index (χ3n) is 6.73. The van der Waals surface area contributed by atoms with Crippen LogP contribution in [0.2, 0.25) is 0 Å². The molecule has 4 aromatic rings. The second-order valence-electron chi connectivity index (χ2n) is 8.34. The summed E-state index contributed by atoms with van der Waals surface area (Å²) in [6.07, 6.45) is 0. The van der Waals surface area contributed by atoms with Gasteiger partial charge in [0.2, 0.25) is 0 Å². The molecule has 1 aromatic heterocycles. The highest BCUT2D eigenvalue weighted by Gasteiger charge is 2.45. The van der Waals surface area contributed by atoms with Gasteiger partial charge in [0.1, 0.15) is 0 Å². The molecule has 6 rings (SSSR count). The second-order valence-corrected chi connectivity index (χ2v) is 8.34. The van der Waals surface area contributed by atoms with Crippen molar-refractivity contribution in [2.24, 2.45) is 0 Å². The molecule has 0 radical (unpaired) electrons. The number of nitrogens with zero attached hydrogens (tertiary/aromatic N) is 1. The Morgan fingerprint density at radius 2 is 1.84 bits per heavy atom. The summed E-state index contributed by atoms with van der Waals surface area (Å²) in [5.41, 5.74) is 6.45. The Kier molecular flexibility index (Phi) is 4.25. The van der Waals surface area contributed by atoms with Gasteiger partial charge in [-0.15, -0.1) is 0 Å². The molecule has 0 saturated carbocycles. The van der Waals surface area contributed by atoms with Crippen LogP contribution < -0.4 is 9.47 Å². The van der Waals surface area contributed by atoms with Gasteiger partial charge in [0.25, 0.3) is 5.91 Å². The number of para-hydroxylation sites is 1. The Labute approximate surface area is 186 Å². The number of methoxy groups -OCH3 is 1. The third kappa shape index (κ3) is 2.60. The maximum atomic E-state index is 13.4. The molecule has 5 heteroatoms. The van der Waals surface area contributed by atoms with Crippen LogP contribution in [0, 0.1) is 0 Å². The molecule has 1 amide bonds. The largest absolute Gasteiger partial charge is 0.493 e. The molecular weight excluding hydrogens is 400 g/mol. The first-order chi connectivity index (χ1) is 15.7. The summed E-state index contributed by atoms with van der Waals surface area (Å²) in [6, 6.07) is 22.4. The zero-order valence-electron chi connectivity index (χ0n) is 18.1. The van der Waals surface area contributed by atoms with E-state index in [4.69, 9.17) is 9.47 Å². The van der Waals surface area contributed by atoms with Crippen molar-refractivity contribution in [2.75, 3.05) is 20.3 Å². The lowest BCUT2D eigenvalue weighted by molar-refractivity contribution is 0.0727. The third-order valence-corrected chi connectivity index (χ3v) is 6.73. The number of ether oxygens (including phenoxy) is 2. The maximum Gasteiger partial charge on any atom is 0.255 e. The van der Waals surface area contributed by atoms with Gasteiger partial charge in [-0.3, -0.25) is 4.79 Å². The van der Waals surface area contributed by atoms with E-state index in [1.807, 2.05) is 42.2 Å². The highest BCUT2D eigenvalue weighted by atomic mass is 16.5. The number of carbonyl (C=O) groups is 1. The molecule has 0 fully saturated rings. The Balaban J connectivity index is 1.57. The molecule has 0 saturated heterocycles. The van der Waals surface area contributed by atoms with E-state index in [0.717, 1.165) is 33.7 Å². The first kappa shape index (κ1) is 19.0. The molecule has 2 aliphatic heterocycles. The summed E-state index contributed by atoms with van der Waals surface area (Å²) >= 11 is 0. The average molecular weight is 425 g/mol. The number of hydrogen-bond acceptors (Lipinski definition) is 3. The quantitative estimate of drug-likeness (QED) is 0.486. The number of benzene rings is 3. The lowest BCUT2D eigenvalue weighted by Crippen LogP contribution is -2.37. The van der Waals surface area contributed by atoms with Gasteiger partial charge in [-0.2, -0.15) is 0 Å². The van der Waals surface area contributed by atoms with Crippen LogP contribution in [0.15, 0.2) is 66.7 Å². The van der Waals surface area contributed by atoms with Crippen LogP contribution in [0.25, 0.3) is 10.9 Å². The first-order valence-electron chi connectivity index (χ1n) is 11.0. The van der Waals surface area contributed by atoms with Crippen LogP contribution in [-0.4, -0.2) is 36.1 Å². The smallest absolute Gasteiger partial charge is 0.255 e.